The van der Waals surface area contributed by atoms with E-state index in [2.05, 4.69) is 15.5 Å². The molecule has 1 unspecified atom stereocenters. The number of carbonyl (C=O) groups is 1. The second kappa shape index (κ2) is 2.62. The molecule has 4 heteroatoms. The molecule has 1 amide bonds. The molecule has 0 saturated heterocycles. The monoisotopic (exact) mass is 165 g/mol. The highest BCUT2D eigenvalue weighted by molar-refractivity contribution is 5.92. The number of aromatic amines is 1. The van der Waals surface area contributed by atoms with Crippen LogP contribution in [0.25, 0.3) is 0 Å². The molecule has 1 aromatic heterocycles. The highest BCUT2D eigenvalue weighted by Gasteiger charge is 2.20. The van der Waals surface area contributed by atoms with Crippen molar-refractivity contribution in [2.45, 2.75) is 19.8 Å². The first-order valence-electron chi connectivity index (χ1n) is 4.10. The summed E-state index contributed by atoms with van der Waals surface area (Å²) in [4.78, 5) is 11.3. The summed E-state index contributed by atoms with van der Waals surface area (Å²) >= 11 is 0. The van der Waals surface area contributed by atoms with Gasteiger partial charge in [0.05, 0.1) is 6.20 Å². The fourth-order valence-corrected chi connectivity index (χ4v) is 1.36. The van der Waals surface area contributed by atoms with Crippen LogP contribution in [0.5, 0.6) is 0 Å². The van der Waals surface area contributed by atoms with Gasteiger partial charge in [-0.05, 0) is 12.8 Å². The first-order chi connectivity index (χ1) is 5.77. The van der Waals surface area contributed by atoms with Crippen LogP contribution >= 0.6 is 0 Å². The Bertz CT molecular complexity index is 305. The van der Waals surface area contributed by atoms with Crippen molar-refractivity contribution in [1.82, 2.24) is 10.2 Å². The smallest absolute Gasteiger partial charge is 0.228 e. The van der Waals surface area contributed by atoms with Crippen LogP contribution in [0.4, 0.5) is 5.82 Å². The van der Waals surface area contributed by atoms with E-state index >= 15 is 0 Å². The molecule has 12 heavy (non-hydrogen) atoms. The Morgan fingerprint density at radius 2 is 2.50 bits per heavy atom. The maximum Gasteiger partial charge on any atom is 0.228 e. The van der Waals surface area contributed by atoms with E-state index < -0.39 is 0 Å². The summed E-state index contributed by atoms with van der Waals surface area (Å²) in [5, 5.41) is 9.43. The maximum absolute atomic E-state index is 11.3. The Balaban J connectivity index is 2.30. The fraction of sp³-hybridized carbons (Fsp3) is 0.500. The van der Waals surface area contributed by atoms with Gasteiger partial charge in [-0.2, -0.15) is 5.10 Å². The molecule has 0 aromatic carbocycles. The summed E-state index contributed by atoms with van der Waals surface area (Å²) in [6, 6.07) is 0. The molecule has 1 aliphatic heterocycles. The van der Waals surface area contributed by atoms with Gasteiger partial charge in [0.1, 0.15) is 5.82 Å². The van der Waals surface area contributed by atoms with Crippen LogP contribution in [0.2, 0.25) is 0 Å². The van der Waals surface area contributed by atoms with Crippen molar-refractivity contribution in [3.05, 3.63) is 11.8 Å². The molecule has 2 heterocycles. The van der Waals surface area contributed by atoms with Crippen molar-refractivity contribution in [3.63, 3.8) is 0 Å². The van der Waals surface area contributed by atoms with E-state index in [1.54, 1.807) is 6.20 Å². The van der Waals surface area contributed by atoms with Crippen LogP contribution in [-0.2, 0) is 11.2 Å². The predicted octanol–water partition coefficient (Wildman–Crippen LogP) is 0.930. The van der Waals surface area contributed by atoms with Crippen LogP contribution in [-0.4, -0.2) is 16.1 Å². The molecule has 1 aliphatic rings. The molecular weight excluding hydrogens is 154 g/mol. The highest BCUT2D eigenvalue weighted by atomic mass is 16.1. The normalized spacial score (nSPS) is 22.8. The predicted molar refractivity (Wildman–Crippen MR) is 44.7 cm³/mol. The first-order valence-corrected chi connectivity index (χ1v) is 4.10. The molecular formula is C8H11N3O. The summed E-state index contributed by atoms with van der Waals surface area (Å²) in [5.41, 5.74) is 1.10. The maximum atomic E-state index is 11.3. The Labute approximate surface area is 70.4 Å². The molecule has 2 rings (SSSR count). The minimum atomic E-state index is 0.0815. The number of hydrogen-bond donors (Lipinski definition) is 2. The van der Waals surface area contributed by atoms with Crippen LogP contribution in [0, 0.1) is 5.92 Å². The number of anilines is 1. The van der Waals surface area contributed by atoms with Crippen LogP contribution < -0.4 is 5.32 Å². The minimum absolute atomic E-state index is 0.0815. The molecule has 4 nitrogen and oxygen atoms in total. The molecule has 2 N–H and O–H groups in total. The van der Waals surface area contributed by atoms with E-state index in [0.29, 0.717) is 0 Å². The molecule has 0 spiro atoms. The van der Waals surface area contributed by atoms with Crippen molar-refractivity contribution >= 4 is 11.7 Å². The summed E-state index contributed by atoms with van der Waals surface area (Å²) in [6.45, 7) is 1.94. The van der Waals surface area contributed by atoms with Gasteiger partial charge < -0.3 is 5.32 Å². The van der Waals surface area contributed by atoms with E-state index in [0.717, 1.165) is 24.2 Å². The fourth-order valence-electron chi connectivity index (χ4n) is 1.36. The largest absolute Gasteiger partial charge is 0.311 e. The lowest BCUT2D eigenvalue weighted by Crippen LogP contribution is -2.18. The Kier molecular flexibility index (Phi) is 1.60. The van der Waals surface area contributed by atoms with Crippen molar-refractivity contribution in [2.75, 3.05) is 5.32 Å². The third kappa shape index (κ3) is 1.09. The van der Waals surface area contributed by atoms with Crippen LogP contribution in [0.15, 0.2) is 6.20 Å². The molecule has 0 bridgehead atoms. The number of H-pyrrole nitrogens is 1. The zero-order valence-electron chi connectivity index (χ0n) is 6.92. The van der Waals surface area contributed by atoms with Gasteiger partial charge in [-0.15, -0.1) is 0 Å². The first kappa shape index (κ1) is 7.34. The zero-order valence-corrected chi connectivity index (χ0v) is 6.92. The number of nitrogens with zero attached hydrogens (tertiary/aromatic N) is 1. The zero-order chi connectivity index (χ0) is 8.55. The molecule has 0 radical (unpaired) electrons. The third-order valence-electron chi connectivity index (χ3n) is 2.26. The van der Waals surface area contributed by atoms with E-state index in [1.165, 1.54) is 0 Å². The Hall–Kier alpha value is -1.32. The van der Waals surface area contributed by atoms with Gasteiger partial charge in [-0.25, -0.2) is 0 Å². The van der Waals surface area contributed by atoms with Gasteiger partial charge in [-0.3, -0.25) is 9.89 Å². The summed E-state index contributed by atoms with van der Waals surface area (Å²) in [7, 11) is 0. The molecule has 0 saturated carbocycles. The number of nitrogens with one attached hydrogen (secondary N) is 2. The number of rotatable bonds is 0. The van der Waals surface area contributed by atoms with Gasteiger partial charge >= 0.3 is 0 Å². The Morgan fingerprint density at radius 3 is 3.33 bits per heavy atom. The van der Waals surface area contributed by atoms with Crippen LogP contribution in [0.1, 0.15) is 18.9 Å². The van der Waals surface area contributed by atoms with E-state index in [1.807, 2.05) is 6.92 Å². The minimum Gasteiger partial charge on any atom is -0.311 e. The van der Waals surface area contributed by atoms with E-state index in [9.17, 15) is 4.79 Å². The van der Waals surface area contributed by atoms with Gasteiger partial charge in [0.2, 0.25) is 5.91 Å². The number of amides is 1. The number of aryl methyl sites for hydroxylation is 1. The highest BCUT2D eigenvalue weighted by Crippen LogP contribution is 2.21. The van der Waals surface area contributed by atoms with Crippen molar-refractivity contribution in [2.24, 2.45) is 5.92 Å². The molecule has 0 fully saturated rings. The van der Waals surface area contributed by atoms with Crippen molar-refractivity contribution in [3.8, 4) is 0 Å². The summed E-state index contributed by atoms with van der Waals surface area (Å²) < 4.78 is 0. The van der Waals surface area contributed by atoms with E-state index in [4.69, 9.17) is 0 Å². The lowest BCUT2D eigenvalue weighted by atomic mass is 10.0. The second-order valence-electron chi connectivity index (χ2n) is 3.20. The van der Waals surface area contributed by atoms with E-state index in [-0.39, 0.29) is 11.8 Å². The molecule has 0 aliphatic carbocycles. The topological polar surface area (TPSA) is 57.8 Å². The van der Waals surface area contributed by atoms with Gasteiger partial charge in [0, 0.05) is 11.5 Å². The van der Waals surface area contributed by atoms with Crippen molar-refractivity contribution in [1.29, 1.82) is 0 Å². The number of hydrogen-bond acceptors (Lipinski definition) is 2. The average molecular weight is 165 g/mol. The van der Waals surface area contributed by atoms with Gasteiger partial charge in [-0.1, -0.05) is 6.92 Å². The summed E-state index contributed by atoms with van der Waals surface area (Å²) in [5.74, 6) is 0.952. The standard InChI is InChI=1S/C8H11N3O/c1-5-2-3-6-4-9-11-7(6)10-8(5)12/h4-5H,2-3H2,1H3,(H2,9,10,11,12). The average Bonchev–Trinajstić information content (AvgIpc) is 2.43. The number of aromatic nitrogens is 2. The summed E-state index contributed by atoms with van der Waals surface area (Å²) in [6.07, 6.45) is 3.60. The molecule has 1 atom stereocenters. The lowest BCUT2D eigenvalue weighted by Gasteiger charge is -2.04. The lowest BCUT2D eigenvalue weighted by molar-refractivity contribution is -0.119. The molecule has 64 valence electrons. The third-order valence-corrected chi connectivity index (χ3v) is 2.26. The second-order valence-corrected chi connectivity index (χ2v) is 3.20. The number of carbonyl (C=O) groups excluding carboxylic acids is 1. The van der Waals surface area contributed by atoms with Crippen LogP contribution in [0.3, 0.4) is 0 Å². The molecule has 1 aromatic rings. The number of fused-ring (bicyclic) bond motifs is 1. The van der Waals surface area contributed by atoms with Gasteiger partial charge in [0.15, 0.2) is 0 Å². The quantitative estimate of drug-likeness (QED) is 0.600. The SMILES string of the molecule is CC1CCc2cn[nH]c2NC1=O. The Morgan fingerprint density at radius 1 is 1.67 bits per heavy atom. The van der Waals surface area contributed by atoms with Gasteiger partial charge in [0.25, 0.3) is 0 Å². The van der Waals surface area contributed by atoms with Crippen molar-refractivity contribution < 1.29 is 4.79 Å².